The van der Waals surface area contributed by atoms with Crippen LogP contribution in [0.3, 0.4) is 0 Å². The lowest BCUT2D eigenvalue weighted by Crippen LogP contribution is -2.32. The zero-order valence-corrected chi connectivity index (χ0v) is 12.3. The first-order chi connectivity index (χ1) is 9.10. The number of thiophene rings is 1. The lowest BCUT2D eigenvalue weighted by molar-refractivity contribution is 0.0941. The minimum absolute atomic E-state index is 0.0352. The molecule has 3 nitrogen and oxygen atoms in total. The highest BCUT2D eigenvalue weighted by Gasteiger charge is 2.23. The Balaban J connectivity index is 2.03. The van der Waals surface area contributed by atoms with Crippen LogP contribution in [0.5, 0.6) is 0 Å². The Morgan fingerprint density at radius 1 is 1.58 bits per heavy atom. The highest BCUT2D eigenvalue weighted by molar-refractivity contribution is 7.14. The molecule has 102 valence electrons. The Morgan fingerprint density at radius 3 is 3.00 bits per heavy atom. The third-order valence-corrected chi connectivity index (χ3v) is 4.63. The second-order valence-electron chi connectivity index (χ2n) is 5.22. The predicted octanol–water partition coefficient (Wildman–Crippen LogP) is 2.29. The van der Waals surface area contributed by atoms with Crippen molar-refractivity contribution in [2.75, 3.05) is 6.54 Å². The molecule has 0 aliphatic heterocycles. The molecule has 0 spiro atoms. The van der Waals surface area contributed by atoms with E-state index in [1.807, 2.05) is 13.0 Å². The summed E-state index contributed by atoms with van der Waals surface area (Å²) in [4.78, 5) is 13.9. The van der Waals surface area contributed by atoms with Crippen molar-refractivity contribution >= 4 is 17.2 Å². The van der Waals surface area contributed by atoms with Gasteiger partial charge in [-0.3, -0.25) is 4.79 Å². The first-order valence-corrected chi connectivity index (χ1v) is 7.52. The molecule has 1 aromatic heterocycles. The van der Waals surface area contributed by atoms with Crippen molar-refractivity contribution in [1.82, 2.24) is 5.32 Å². The van der Waals surface area contributed by atoms with Crippen LogP contribution in [0.15, 0.2) is 6.07 Å². The smallest absolute Gasteiger partial charge is 0.261 e. The lowest BCUT2D eigenvalue weighted by atomic mass is 10.1. The van der Waals surface area contributed by atoms with Crippen LogP contribution in [0.25, 0.3) is 0 Å². The molecule has 2 unspecified atom stereocenters. The van der Waals surface area contributed by atoms with Gasteiger partial charge in [0.2, 0.25) is 0 Å². The molecule has 4 heteroatoms. The van der Waals surface area contributed by atoms with E-state index in [4.69, 9.17) is 5.73 Å². The van der Waals surface area contributed by atoms with Crippen molar-refractivity contribution in [3.8, 4) is 11.8 Å². The highest BCUT2D eigenvalue weighted by atomic mass is 32.1. The number of aryl methyl sites for hydroxylation is 1. The van der Waals surface area contributed by atoms with E-state index in [9.17, 15) is 4.79 Å². The fourth-order valence-electron chi connectivity index (χ4n) is 2.44. The Hall–Kier alpha value is -1.31. The summed E-state index contributed by atoms with van der Waals surface area (Å²) >= 11 is 1.45. The van der Waals surface area contributed by atoms with Gasteiger partial charge in [-0.2, -0.15) is 0 Å². The molecular weight excluding hydrogens is 256 g/mol. The molecule has 1 aliphatic carbocycles. The van der Waals surface area contributed by atoms with Gasteiger partial charge < -0.3 is 11.1 Å². The number of nitrogens with two attached hydrogens (primary N) is 1. The summed E-state index contributed by atoms with van der Waals surface area (Å²) < 4.78 is 0. The van der Waals surface area contributed by atoms with E-state index in [0.29, 0.717) is 12.6 Å². The molecule has 1 amide bonds. The zero-order chi connectivity index (χ0) is 13.8. The van der Waals surface area contributed by atoms with E-state index in [1.165, 1.54) is 17.8 Å². The van der Waals surface area contributed by atoms with E-state index in [0.717, 1.165) is 34.1 Å². The topological polar surface area (TPSA) is 55.1 Å². The van der Waals surface area contributed by atoms with Crippen LogP contribution in [0, 0.1) is 24.7 Å². The molecule has 1 heterocycles. The van der Waals surface area contributed by atoms with E-state index in [1.54, 1.807) is 0 Å². The molecule has 0 saturated heterocycles. The Morgan fingerprint density at radius 2 is 2.37 bits per heavy atom. The number of nitrogens with one attached hydrogen (secondary N) is 1. The van der Waals surface area contributed by atoms with Crippen LogP contribution in [-0.2, 0) is 0 Å². The van der Waals surface area contributed by atoms with Gasteiger partial charge in [-0.1, -0.05) is 18.8 Å². The average Bonchev–Trinajstić information content (AvgIpc) is 2.93. The van der Waals surface area contributed by atoms with Crippen molar-refractivity contribution in [3.05, 3.63) is 21.4 Å². The Bertz CT molecular complexity index is 524. The SMILES string of the molecule is Cc1cc(C(=O)NC2CCC(C)C2)sc1C#CCN. The molecule has 1 fully saturated rings. The van der Waals surface area contributed by atoms with Crippen molar-refractivity contribution < 1.29 is 4.79 Å². The number of carbonyl (C=O) groups excluding carboxylic acids is 1. The normalized spacial score (nSPS) is 21.8. The quantitative estimate of drug-likeness (QED) is 0.814. The maximum absolute atomic E-state index is 12.2. The van der Waals surface area contributed by atoms with Crippen LogP contribution in [0.2, 0.25) is 0 Å². The van der Waals surface area contributed by atoms with E-state index >= 15 is 0 Å². The van der Waals surface area contributed by atoms with Gasteiger partial charge in [0.05, 0.1) is 16.3 Å². The molecule has 1 aliphatic rings. The van der Waals surface area contributed by atoms with E-state index < -0.39 is 0 Å². The van der Waals surface area contributed by atoms with Gasteiger partial charge in [-0.25, -0.2) is 0 Å². The van der Waals surface area contributed by atoms with Crippen molar-refractivity contribution in [2.24, 2.45) is 11.7 Å². The van der Waals surface area contributed by atoms with Gasteiger partial charge in [0.1, 0.15) is 0 Å². The maximum atomic E-state index is 12.2. The largest absolute Gasteiger partial charge is 0.349 e. The molecule has 19 heavy (non-hydrogen) atoms. The van der Waals surface area contributed by atoms with Gasteiger partial charge in [0.25, 0.3) is 5.91 Å². The standard InChI is InChI=1S/C15H20N2OS/c1-10-5-6-12(8-10)17-15(18)14-9-11(2)13(19-14)4-3-7-16/h9-10,12H,5-8,16H2,1-2H3,(H,17,18). The number of hydrogen-bond acceptors (Lipinski definition) is 3. The minimum Gasteiger partial charge on any atom is -0.349 e. The van der Waals surface area contributed by atoms with Gasteiger partial charge in [-0.05, 0) is 43.7 Å². The van der Waals surface area contributed by atoms with Crippen LogP contribution >= 0.6 is 11.3 Å². The maximum Gasteiger partial charge on any atom is 0.261 e. The minimum atomic E-state index is 0.0352. The molecule has 2 atom stereocenters. The molecule has 1 saturated carbocycles. The first-order valence-electron chi connectivity index (χ1n) is 6.70. The highest BCUT2D eigenvalue weighted by Crippen LogP contribution is 2.26. The molecule has 0 bridgehead atoms. The fourth-order valence-corrected chi connectivity index (χ4v) is 3.39. The summed E-state index contributed by atoms with van der Waals surface area (Å²) in [6, 6.07) is 2.25. The van der Waals surface area contributed by atoms with Crippen molar-refractivity contribution in [2.45, 2.75) is 39.2 Å². The summed E-state index contributed by atoms with van der Waals surface area (Å²) in [5.41, 5.74) is 6.42. The summed E-state index contributed by atoms with van der Waals surface area (Å²) in [5, 5.41) is 3.12. The van der Waals surface area contributed by atoms with Crippen molar-refractivity contribution in [3.63, 3.8) is 0 Å². The summed E-state index contributed by atoms with van der Waals surface area (Å²) in [5.74, 6) is 6.60. The predicted molar refractivity (Wildman–Crippen MR) is 79.3 cm³/mol. The monoisotopic (exact) mass is 276 g/mol. The van der Waals surface area contributed by atoms with Crippen LogP contribution < -0.4 is 11.1 Å². The van der Waals surface area contributed by atoms with Crippen LogP contribution in [0.1, 0.15) is 46.3 Å². The number of rotatable bonds is 2. The molecule has 2 rings (SSSR count). The van der Waals surface area contributed by atoms with E-state index in [2.05, 4.69) is 24.1 Å². The van der Waals surface area contributed by atoms with Gasteiger partial charge in [-0.15, -0.1) is 11.3 Å². The second-order valence-corrected chi connectivity index (χ2v) is 6.27. The third-order valence-electron chi connectivity index (χ3n) is 3.48. The molecule has 0 aromatic carbocycles. The third kappa shape index (κ3) is 3.59. The summed E-state index contributed by atoms with van der Waals surface area (Å²) in [6.45, 7) is 4.56. The van der Waals surface area contributed by atoms with Crippen molar-refractivity contribution in [1.29, 1.82) is 0 Å². The molecular formula is C15H20N2OS. The first kappa shape index (κ1) is 14.1. The fraction of sp³-hybridized carbons (Fsp3) is 0.533. The summed E-state index contributed by atoms with van der Waals surface area (Å²) in [7, 11) is 0. The Kier molecular flexibility index (Phi) is 4.62. The van der Waals surface area contributed by atoms with Gasteiger partial charge in [0, 0.05) is 6.04 Å². The number of carbonyl (C=O) groups is 1. The van der Waals surface area contributed by atoms with Crippen LogP contribution in [0.4, 0.5) is 0 Å². The molecule has 1 aromatic rings. The summed E-state index contributed by atoms with van der Waals surface area (Å²) in [6.07, 6.45) is 3.40. The number of amides is 1. The Labute approximate surface area is 118 Å². The average molecular weight is 276 g/mol. The van der Waals surface area contributed by atoms with Gasteiger partial charge >= 0.3 is 0 Å². The van der Waals surface area contributed by atoms with Gasteiger partial charge in [0.15, 0.2) is 0 Å². The lowest BCUT2D eigenvalue weighted by Gasteiger charge is -2.11. The second kappa shape index (κ2) is 6.23. The van der Waals surface area contributed by atoms with E-state index in [-0.39, 0.29) is 5.91 Å². The zero-order valence-electron chi connectivity index (χ0n) is 11.5. The number of hydrogen-bond donors (Lipinski definition) is 2. The van der Waals surface area contributed by atoms with Crippen LogP contribution in [-0.4, -0.2) is 18.5 Å². The molecule has 3 N–H and O–H groups in total. The molecule has 0 radical (unpaired) electrons.